The fourth-order valence-corrected chi connectivity index (χ4v) is 11.7. The lowest BCUT2D eigenvalue weighted by Gasteiger charge is -2.21. The molecule has 0 amide bonds. The van der Waals surface area contributed by atoms with Gasteiger partial charge in [-0.3, -0.25) is 37.3 Å². The number of phosphoric ester groups is 2. The first-order valence-electron chi connectivity index (χ1n) is 35.2. The Labute approximate surface area is 530 Å². The first-order valence-corrected chi connectivity index (χ1v) is 38.2. The maximum Gasteiger partial charge on any atom is 0.472 e. The lowest BCUT2D eigenvalue weighted by atomic mass is 10.0. The molecular formula is C68H132O17P2. The second-order valence-corrected chi connectivity index (χ2v) is 29.4. The fourth-order valence-electron chi connectivity index (χ4n) is 10.1. The van der Waals surface area contributed by atoms with Gasteiger partial charge < -0.3 is 33.8 Å². The molecule has 0 aliphatic heterocycles. The Kier molecular flexibility index (Phi) is 56.6. The SMILES string of the molecule is CC(C)CCCCCCCCCCCCCCC(=O)O[C@H](COC(=O)CCCCCCCCCCCCC(C)C)COP(=O)(O)OC[C@@H](O)COP(=O)(O)OC[C@@H](COC(=O)CCCCCCCCC(C)C)OC(=O)CCCCCCCCCC(C)C. The van der Waals surface area contributed by atoms with Gasteiger partial charge in [0.25, 0.3) is 0 Å². The Bertz CT molecular complexity index is 1730. The Hall–Kier alpha value is -1.94. The van der Waals surface area contributed by atoms with Crippen molar-refractivity contribution in [3.8, 4) is 0 Å². The third-order valence-corrected chi connectivity index (χ3v) is 17.5. The summed E-state index contributed by atoms with van der Waals surface area (Å²) in [5, 5.41) is 10.6. The topological polar surface area (TPSA) is 237 Å². The van der Waals surface area contributed by atoms with E-state index < -0.39 is 97.5 Å². The number of phosphoric acid groups is 2. The van der Waals surface area contributed by atoms with Crippen molar-refractivity contribution in [1.29, 1.82) is 0 Å². The number of rotatable bonds is 65. The molecule has 0 saturated heterocycles. The van der Waals surface area contributed by atoms with Crippen molar-refractivity contribution in [3.05, 3.63) is 0 Å². The molecule has 0 aliphatic rings. The molecule has 0 saturated carbocycles. The smallest absolute Gasteiger partial charge is 0.462 e. The molecule has 87 heavy (non-hydrogen) atoms. The second kappa shape index (κ2) is 57.9. The number of carbonyl (C=O) groups is 4. The Morgan fingerprint density at radius 1 is 0.287 bits per heavy atom. The van der Waals surface area contributed by atoms with Crippen molar-refractivity contribution in [1.82, 2.24) is 0 Å². The van der Waals surface area contributed by atoms with Gasteiger partial charge in [0.1, 0.15) is 19.3 Å². The van der Waals surface area contributed by atoms with Gasteiger partial charge in [-0.15, -0.1) is 0 Å². The molecule has 0 bridgehead atoms. The average molecular weight is 1280 g/mol. The molecule has 516 valence electrons. The van der Waals surface area contributed by atoms with Gasteiger partial charge in [0.05, 0.1) is 26.4 Å². The zero-order valence-electron chi connectivity index (χ0n) is 56.6. The summed E-state index contributed by atoms with van der Waals surface area (Å²) in [5.74, 6) is 0.775. The Morgan fingerprint density at radius 3 is 0.713 bits per heavy atom. The van der Waals surface area contributed by atoms with Crippen molar-refractivity contribution in [2.24, 2.45) is 23.7 Å². The van der Waals surface area contributed by atoms with Crippen molar-refractivity contribution in [2.45, 2.75) is 350 Å². The highest BCUT2D eigenvalue weighted by Gasteiger charge is 2.30. The van der Waals surface area contributed by atoms with Crippen molar-refractivity contribution in [3.63, 3.8) is 0 Å². The van der Waals surface area contributed by atoms with Crippen LogP contribution in [-0.2, 0) is 65.4 Å². The van der Waals surface area contributed by atoms with Crippen LogP contribution in [0.15, 0.2) is 0 Å². The van der Waals surface area contributed by atoms with Crippen molar-refractivity contribution in [2.75, 3.05) is 39.6 Å². The molecule has 0 spiro atoms. The summed E-state index contributed by atoms with van der Waals surface area (Å²) in [6.07, 6.45) is 39.2. The molecule has 3 N–H and O–H groups in total. The van der Waals surface area contributed by atoms with Crippen LogP contribution in [0.2, 0.25) is 0 Å². The zero-order valence-corrected chi connectivity index (χ0v) is 58.4. The third kappa shape index (κ3) is 62.6. The molecule has 2 unspecified atom stereocenters. The summed E-state index contributed by atoms with van der Waals surface area (Å²) in [4.78, 5) is 72.4. The molecule has 0 fully saturated rings. The number of hydrogen-bond acceptors (Lipinski definition) is 15. The van der Waals surface area contributed by atoms with Crippen molar-refractivity contribution < 1.29 is 80.2 Å². The zero-order chi connectivity index (χ0) is 64.7. The van der Waals surface area contributed by atoms with Gasteiger partial charge in [-0.25, -0.2) is 9.13 Å². The normalized spacial score (nSPS) is 14.3. The highest BCUT2D eigenvalue weighted by molar-refractivity contribution is 7.47. The van der Waals surface area contributed by atoms with E-state index in [4.69, 9.17) is 37.0 Å². The van der Waals surface area contributed by atoms with Gasteiger partial charge in [-0.1, -0.05) is 280 Å². The van der Waals surface area contributed by atoms with Crippen molar-refractivity contribution >= 4 is 39.5 Å². The highest BCUT2D eigenvalue weighted by atomic mass is 31.2. The lowest BCUT2D eigenvalue weighted by molar-refractivity contribution is -0.161. The number of ether oxygens (including phenoxy) is 4. The van der Waals surface area contributed by atoms with Gasteiger partial charge in [0.15, 0.2) is 12.2 Å². The summed E-state index contributed by atoms with van der Waals surface area (Å²) in [6, 6.07) is 0. The van der Waals surface area contributed by atoms with E-state index in [1.807, 2.05) is 0 Å². The maximum atomic E-state index is 13.0. The first-order chi connectivity index (χ1) is 41.6. The van der Waals surface area contributed by atoms with E-state index in [-0.39, 0.29) is 25.7 Å². The predicted octanol–water partition coefficient (Wildman–Crippen LogP) is 18.9. The van der Waals surface area contributed by atoms with Crippen LogP contribution in [0, 0.1) is 23.7 Å². The molecule has 19 heteroatoms. The maximum absolute atomic E-state index is 13.0. The van der Waals surface area contributed by atoms with E-state index >= 15 is 0 Å². The average Bonchev–Trinajstić information content (AvgIpc) is 3.68. The fraction of sp³-hybridized carbons (Fsp3) is 0.941. The van der Waals surface area contributed by atoms with E-state index in [1.165, 1.54) is 128 Å². The van der Waals surface area contributed by atoms with Crippen LogP contribution in [0.5, 0.6) is 0 Å². The van der Waals surface area contributed by atoms with Crippen LogP contribution in [0.25, 0.3) is 0 Å². The number of carbonyl (C=O) groups excluding carboxylic acids is 4. The van der Waals surface area contributed by atoms with E-state index in [0.717, 1.165) is 108 Å². The minimum atomic E-state index is -4.95. The van der Waals surface area contributed by atoms with E-state index in [2.05, 4.69) is 55.4 Å². The molecule has 0 heterocycles. The number of aliphatic hydroxyl groups is 1. The first kappa shape index (κ1) is 85.1. The summed E-state index contributed by atoms with van der Waals surface area (Å²) in [5.41, 5.74) is 0. The number of unbranched alkanes of at least 4 members (excludes halogenated alkanes) is 31. The summed E-state index contributed by atoms with van der Waals surface area (Å²) in [6.45, 7) is 14.0. The molecule has 17 nitrogen and oxygen atoms in total. The van der Waals surface area contributed by atoms with Crippen LogP contribution in [0.1, 0.15) is 331 Å². The van der Waals surface area contributed by atoms with Gasteiger partial charge in [0.2, 0.25) is 0 Å². The number of aliphatic hydroxyl groups excluding tert-OH is 1. The van der Waals surface area contributed by atoms with Gasteiger partial charge >= 0.3 is 39.5 Å². The van der Waals surface area contributed by atoms with E-state index in [1.54, 1.807) is 0 Å². The van der Waals surface area contributed by atoms with Gasteiger partial charge in [-0.05, 0) is 49.4 Å². The van der Waals surface area contributed by atoms with Crippen LogP contribution >= 0.6 is 15.6 Å². The van der Waals surface area contributed by atoms with Crippen LogP contribution in [-0.4, -0.2) is 96.7 Å². The summed E-state index contributed by atoms with van der Waals surface area (Å²) < 4.78 is 68.1. The standard InChI is InChI=1S/C68H132O17P2/c1-58(2)44-36-28-20-15-11-9-10-12-18-24-34-42-50-67(72)84-63(54-78-65(70)48-40-32-23-17-14-13-16-21-29-37-45-59(3)4)56-82-86(74,75)80-52-62(69)53-81-87(76,77)83-57-64(55-79-66(71)49-41-33-27-26-31-39-47-61(7)8)85-68(73)51-43-35-25-19-22-30-38-46-60(5)6/h58-64,69H,9-57H2,1-8H3,(H,74,75)(H,76,77)/t62-,63-,64-/m1/s1. The quantitative estimate of drug-likeness (QED) is 0.0222. The molecular weight excluding hydrogens is 1150 g/mol. The molecule has 0 aromatic rings. The predicted molar refractivity (Wildman–Crippen MR) is 349 cm³/mol. The molecule has 0 rings (SSSR count). The lowest BCUT2D eigenvalue weighted by Crippen LogP contribution is -2.30. The Balaban J connectivity index is 5.24. The van der Waals surface area contributed by atoms with Gasteiger partial charge in [0, 0.05) is 25.7 Å². The summed E-state index contributed by atoms with van der Waals surface area (Å²) in [7, 11) is -9.90. The monoisotopic (exact) mass is 1280 g/mol. The largest absolute Gasteiger partial charge is 0.472 e. The minimum absolute atomic E-state index is 0.102. The van der Waals surface area contributed by atoms with Gasteiger partial charge in [-0.2, -0.15) is 0 Å². The summed E-state index contributed by atoms with van der Waals surface area (Å²) >= 11 is 0. The van der Waals surface area contributed by atoms with Crippen LogP contribution in [0.3, 0.4) is 0 Å². The Morgan fingerprint density at radius 2 is 0.483 bits per heavy atom. The number of esters is 4. The number of hydrogen-bond donors (Lipinski definition) is 3. The molecule has 0 aromatic heterocycles. The minimum Gasteiger partial charge on any atom is -0.462 e. The molecule has 0 aliphatic carbocycles. The van der Waals surface area contributed by atoms with E-state index in [9.17, 15) is 43.2 Å². The highest BCUT2D eigenvalue weighted by Crippen LogP contribution is 2.45. The molecule has 0 radical (unpaired) electrons. The molecule has 0 aromatic carbocycles. The second-order valence-electron chi connectivity index (χ2n) is 26.5. The third-order valence-electron chi connectivity index (χ3n) is 15.6. The van der Waals surface area contributed by atoms with Crippen LogP contribution in [0.4, 0.5) is 0 Å². The molecule has 5 atom stereocenters. The van der Waals surface area contributed by atoms with E-state index in [0.29, 0.717) is 37.5 Å². The van der Waals surface area contributed by atoms with Crippen LogP contribution < -0.4 is 0 Å².